The number of hydrogen-bond acceptors (Lipinski definition) is 6. The topological polar surface area (TPSA) is 105 Å². The van der Waals surface area contributed by atoms with Crippen molar-refractivity contribution in [3.8, 4) is 22.6 Å². The van der Waals surface area contributed by atoms with Crippen molar-refractivity contribution in [2.45, 2.75) is 33.9 Å². The third-order valence-electron chi connectivity index (χ3n) is 5.81. The number of nitrogens with zero attached hydrogens (tertiary/aromatic N) is 2. The fourth-order valence-corrected chi connectivity index (χ4v) is 4.11. The Morgan fingerprint density at radius 2 is 1.64 bits per heavy atom. The Hall–Kier alpha value is -3.04. The quantitative estimate of drug-likeness (QED) is 0.332. The Morgan fingerprint density at radius 1 is 0.944 bits per heavy atom. The number of hydrogen-bond donors (Lipinski definition) is 1. The van der Waals surface area contributed by atoms with Crippen molar-refractivity contribution < 1.29 is 48.7 Å². The van der Waals surface area contributed by atoms with Gasteiger partial charge in [0.25, 0.3) is 0 Å². The van der Waals surface area contributed by atoms with Crippen molar-refractivity contribution in [1.29, 1.82) is 0 Å². The molecule has 0 aliphatic heterocycles. The first-order chi connectivity index (χ1) is 16.9. The number of benzene rings is 3. The Labute approximate surface area is 230 Å². The van der Waals surface area contributed by atoms with Crippen LogP contribution in [0.3, 0.4) is 0 Å². The molecule has 1 heterocycles. The minimum atomic E-state index is -0.899. The van der Waals surface area contributed by atoms with Gasteiger partial charge in [-0.3, -0.25) is 9.53 Å². The summed E-state index contributed by atoms with van der Waals surface area (Å²) in [7, 11) is 0. The molecule has 0 atom stereocenters. The molecule has 0 aliphatic rings. The molecular formula is C27H27N2NaO6. The van der Waals surface area contributed by atoms with Crippen molar-refractivity contribution in [3.63, 3.8) is 0 Å². The number of aliphatic hydroxyl groups is 1. The summed E-state index contributed by atoms with van der Waals surface area (Å²) >= 11 is 0. The number of aliphatic hydroxyl groups excluding tert-OH is 1. The summed E-state index contributed by atoms with van der Waals surface area (Å²) in [5.74, 6) is 0.537. The van der Waals surface area contributed by atoms with E-state index >= 15 is 0 Å². The van der Waals surface area contributed by atoms with Gasteiger partial charge in [0.15, 0.2) is 5.69 Å². The molecule has 4 rings (SSSR count). The van der Waals surface area contributed by atoms with Crippen LogP contribution in [0.5, 0.6) is 11.5 Å². The minimum absolute atomic E-state index is 0. The second-order valence-electron chi connectivity index (χ2n) is 8.31. The van der Waals surface area contributed by atoms with Crippen LogP contribution in [0.4, 0.5) is 0 Å². The summed E-state index contributed by atoms with van der Waals surface area (Å²) in [6.45, 7) is 6.98. The van der Waals surface area contributed by atoms with Gasteiger partial charge in [-0.25, -0.2) is 4.79 Å². The molecule has 182 valence electrons. The molecule has 36 heavy (non-hydrogen) atoms. The Balaban J connectivity index is 0.00000361. The SMILES string of the molecule is Cc1cc(OCCO)cc(C)c1-c1cccc(COc2ccc(Cn3oc(=O)[n-]c3=O)cc2)c1C.[Na+]. The Morgan fingerprint density at radius 3 is 2.25 bits per heavy atom. The van der Waals surface area contributed by atoms with Crippen molar-refractivity contribution in [2.75, 3.05) is 13.2 Å². The van der Waals surface area contributed by atoms with E-state index in [-0.39, 0.29) is 49.3 Å². The maximum absolute atomic E-state index is 11.6. The van der Waals surface area contributed by atoms with E-state index in [1.165, 1.54) is 0 Å². The fourth-order valence-electron chi connectivity index (χ4n) is 4.11. The molecular weight excluding hydrogens is 471 g/mol. The van der Waals surface area contributed by atoms with E-state index in [1.54, 1.807) is 0 Å². The van der Waals surface area contributed by atoms with Gasteiger partial charge in [0.2, 0.25) is 0 Å². The molecule has 1 N–H and O–H groups in total. The van der Waals surface area contributed by atoms with Gasteiger partial charge in [-0.2, -0.15) is 0 Å². The van der Waals surface area contributed by atoms with E-state index in [4.69, 9.17) is 19.1 Å². The van der Waals surface area contributed by atoms with Crippen molar-refractivity contribution in [2.24, 2.45) is 0 Å². The monoisotopic (exact) mass is 498 g/mol. The van der Waals surface area contributed by atoms with Gasteiger partial charge < -0.3 is 24.1 Å². The van der Waals surface area contributed by atoms with Crippen molar-refractivity contribution >= 4 is 0 Å². The molecule has 0 unspecified atom stereocenters. The van der Waals surface area contributed by atoms with Crippen molar-refractivity contribution in [3.05, 3.63) is 103 Å². The maximum Gasteiger partial charge on any atom is 1.00 e. The van der Waals surface area contributed by atoms with Crippen LogP contribution in [-0.4, -0.2) is 23.1 Å². The molecule has 0 bridgehead atoms. The van der Waals surface area contributed by atoms with E-state index in [0.29, 0.717) is 12.4 Å². The van der Waals surface area contributed by atoms with Gasteiger partial charge in [-0.1, -0.05) is 30.3 Å². The third kappa shape index (κ3) is 6.39. The Bertz CT molecular complexity index is 1410. The van der Waals surface area contributed by atoms with Crippen LogP contribution in [0, 0.1) is 20.8 Å². The first-order valence-electron chi connectivity index (χ1n) is 11.3. The molecule has 0 saturated carbocycles. The molecule has 4 aromatic rings. The van der Waals surface area contributed by atoms with Gasteiger partial charge in [0.1, 0.15) is 24.7 Å². The summed E-state index contributed by atoms with van der Waals surface area (Å²) in [4.78, 5) is 25.8. The summed E-state index contributed by atoms with van der Waals surface area (Å²) in [5, 5.41) is 9.02. The molecule has 9 heteroatoms. The predicted molar refractivity (Wildman–Crippen MR) is 131 cm³/mol. The molecule has 3 aromatic carbocycles. The average Bonchev–Trinajstić information content (AvgIpc) is 3.14. The molecule has 0 spiro atoms. The van der Waals surface area contributed by atoms with Crippen LogP contribution < -0.4 is 55.5 Å². The molecule has 0 fully saturated rings. The van der Waals surface area contributed by atoms with Gasteiger partial charge in [0.05, 0.1) is 6.61 Å². The number of aryl methyl sites for hydroxylation is 2. The molecule has 1 aromatic heterocycles. The summed E-state index contributed by atoms with van der Waals surface area (Å²) in [6.07, 6.45) is 0. The van der Waals surface area contributed by atoms with Crippen LogP contribution in [0.1, 0.15) is 27.8 Å². The minimum Gasteiger partial charge on any atom is -0.491 e. The first kappa shape index (κ1) is 27.5. The zero-order valence-electron chi connectivity index (χ0n) is 20.9. The number of rotatable bonds is 9. The van der Waals surface area contributed by atoms with Gasteiger partial charge in [-0.05, 0) is 84.0 Å². The van der Waals surface area contributed by atoms with E-state index in [0.717, 1.165) is 49.4 Å². The normalized spacial score (nSPS) is 10.7. The van der Waals surface area contributed by atoms with E-state index < -0.39 is 11.4 Å². The summed E-state index contributed by atoms with van der Waals surface area (Å²) in [5.41, 5.74) is 6.79. The zero-order chi connectivity index (χ0) is 24.9. The van der Waals surface area contributed by atoms with Crippen LogP contribution in [-0.2, 0) is 13.2 Å². The fraction of sp³-hybridized carbons (Fsp3) is 0.259. The molecule has 0 saturated heterocycles. The van der Waals surface area contributed by atoms with Crippen LogP contribution >= 0.6 is 0 Å². The molecule has 8 nitrogen and oxygen atoms in total. The van der Waals surface area contributed by atoms with Gasteiger partial charge >= 0.3 is 35.3 Å². The average molecular weight is 499 g/mol. The smallest absolute Gasteiger partial charge is 0.491 e. The van der Waals surface area contributed by atoms with Crippen LogP contribution in [0.2, 0.25) is 0 Å². The predicted octanol–water partition coefficient (Wildman–Crippen LogP) is 0.353. The van der Waals surface area contributed by atoms with E-state index in [2.05, 4.69) is 31.8 Å². The second-order valence-corrected chi connectivity index (χ2v) is 8.31. The van der Waals surface area contributed by atoms with Crippen LogP contribution in [0.25, 0.3) is 11.1 Å². The molecule has 0 amide bonds. The van der Waals surface area contributed by atoms with Gasteiger partial charge in [0, 0.05) is 6.54 Å². The largest absolute Gasteiger partial charge is 1.00 e. The van der Waals surface area contributed by atoms with E-state index in [1.807, 2.05) is 48.5 Å². The number of ether oxygens (including phenoxy) is 2. The first-order valence-corrected chi connectivity index (χ1v) is 11.3. The maximum atomic E-state index is 11.6. The Kier molecular flexibility index (Phi) is 9.39. The second kappa shape index (κ2) is 12.3. The molecule has 0 aliphatic carbocycles. The summed E-state index contributed by atoms with van der Waals surface area (Å²) < 4.78 is 17.3. The van der Waals surface area contributed by atoms with E-state index in [9.17, 15) is 9.59 Å². The van der Waals surface area contributed by atoms with Crippen molar-refractivity contribution in [1.82, 2.24) is 9.72 Å². The third-order valence-corrected chi connectivity index (χ3v) is 5.81. The van der Waals surface area contributed by atoms with Crippen LogP contribution in [0.15, 0.2) is 68.7 Å². The number of aromatic nitrogens is 2. The zero-order valence-corrected chi connectivity index (χ0v) is 22.9. The summed E-state index contributed by atoms with van der Waals surface area (Å²) in [6, 6.07) is 17.4. The molecule has 0 radical (unpaired) electrons. The standard InChI is InChI=1S/C27H28N2O6.Na/c1-17-13-23(33-12-11-30)14-18(2)25(17)24-6-4-5-21(19(24)3)16-34-22-9-7-20(8-10-22)15-29-26(31)28-27(32)35-29;/h4-10,13-14,30H,11-12,15-16H2,1-3H3,(H,28,31,32);/q;+1/p-1. The van der Waals surface area contributed by atoms with Gasteiger partial charge in [-0.15, -0.1) is 0 Å².